The van der Waals surface area contributed by atoms with E-state index in [1.54, 1.807) is 18.7 Å². The Balaban J connectivity index is 2.46. The lowest BCUT2D eigenvalue weighted by Gasteiger charge is -2.35. The van der Waals surface area contributed by atoms with Crippen molar-refractivity contribution in [3.05, 3.63) is 35.9 Å². The molecule has 2 rings (SSSR count). The molecule has 1 saturated heterocycles. The van der Waals surface area contributed by atoms with Gasteiger partial charge in [-0.15, -0.1) is 0 Å². The van der Waals surface area contributed by atoms with Crippen molar-refractivity contribution < 1.29 is 19.1 Å². The molecule has 0 unspecified atom stereocenters. The van der Waals surface area contributed by atoms with Crippen LogP contribution in [0.1, 0.15) is 67.0 Å². The quantitative estimate of drug-likeness (QED) is 0.695. The molecule has 0 spiro atoms. The van der Waals surface area contributed by atoms with Crippen LogP contribution in [-0.4, -0.2) is 38.3 Å². The maximum Gasteiger partial charge on any atom is 0.413 e. The van der Waals surface area contributed by atoms with E-state index in [0.29, 0.717) is 0 Å². The Hall–Kier alpha value is -1.53. The van der Waals surface area contributed by atoms with Crippen molar-refractivity contribution >= 4 is 23.0 Å². The zero-order chi connectivity index (χ0) is 20.6. The van der Waals surface area contributed by atoms with E-state index in [1.807, 2.05) is 71.9 Å². The topological polar surface area (TPSA) is 55.8 Å². The van der Waals surface area contributed by atoms with E-state index in [1.165, 1.54) is 11.8 Å². The molecule has 0 aromatic heterocycles. The van der Waals surface area contributed by atoms with Crippen molar-refractivity contribution in [3.8, 4) is 0 Å². The van der Waals surface area contributed by atoms with Crippen LogP contribution in [0.3, 0.4) is 0 Å². The minimum absolute atomic E-state index is 0.0875. The molecule has 1 aliphatic rings. The highest BCUT2D eigenvalue weighted by Gasteiger charge is 2.54. The Labute approximate surface area is 166 Å². The Morgan fingerprint density at radius 2 is 1.63 bits per heavy atom. The fraction of sp³-hybridized carbons (Fsp3) is 0.619. The second kappa shape index (κ2) is 7.47. The highest BCUT2D eigenvalue weighted by molar-refractivity contribution is 8.14. The largest absolute Gasteiger partial charge is 0.444 e. The minimum Gasteiger partial charge on any atom is -0.444 e. The zero-order valence-corrected chi connectivity index (χ0v) is 18.3. The van der Waals surface area contributed by atoms with Crippen LogP contribution in [-0.2, 0) is 14.3 Å². The molecule has 1 aliphatic heterocycles. The molecule has 1 amide bonds. The number of ether oxygens (including phenoxy) is 2. The molecule has 150 valence electrons. The Kier molecular flexibility index (Phi) is 6.02. The van der Waals surface area contributed by atoms with Crippen LogP contribution in [0, 0.1) is 0 Å². The number of hydrogen-bond acceptors (Lipinski definition) is 5. The lowest BCUT2D eigenvalue weighted by molar-refractivity contribution is -0.127. The smallest absolute Gasteiger partial charge is 0.413 e. The standard InChI is InChI=1S/C21H31NO4S/c1-19(2,3)26-18(24)22-15(14-12-10-9-11-13-14)16(25-21(22,7)8)17(23)27-20(4,5)6/h9-13,15-16H,1-8H3/t15-,16+/m0/s1. The van der Waals surface area contributed by atoms with Crippen LogP contribution in [0.4, 0.5) is 4.79 Å². The van der Waals surface area contributed by atoms with Crippen LogP contribution in [0.2, 0.25) is 0 Å². The fourth-order valence-corrected chi connectivity index (χ4v) is 3.95. The summed E-state index contributed by atoms with van der Waals surface area (Å²) >= 11 is 1.24. The van der Waals surface area contributed by atoms with Gasteiger partial charge < -0.3 is 9.47 Å². The molecule has 0 N–H and O–H groups in total. The predicted octanol–water partition coefficient (Wildman–Crippen LogP) is 5.16. The summed E-state index contributed by atoms with van der Waals surface area (Å²) in [5.41, 5.74) is -0.764. The van der Waals surface area contributed by atoms with Crippen molar-refractivity contribution in [1.82, 2.24) is 4.90 Å². The van der Waals surface area contributed by atoms with E-state index < -0.39 is 29.6 Å². The maximum atomic E-state index is 13.0. The Morgan fingerprint density at radius 1 is 1.07 bits per heavy atom. The van der Waals surface area contributed by atoms with Crippen molar-refractivity contribution in [2.24, 2.45) is 0 Å². The molecule has 1 fully saturated rings. The first-order valence-corrected chi connectivity index (χ1v) is 10.0. The third-order valence-electron chi connectivity index (χ3n) is 3.93. The average Bonchev–Trinajstić information content (AvgIpc) is 2.76. The van der Waals surface area contributed by atoms with Gasteiger partial charge in [-0.05, 0) is 40.2 Å². The Morgan fingerprint density at radius 3 is 2.11 bits per heavy atom. The van der Waals surface area contributed by atoms with Gasteiger partial charge in [0.25, 0.3) is 0 Å². The summed E-state index contributed by atoms with van der Waals surface area (Å²) in [6.07, 6.45) is -1.25. The first-order chi connectivity index (χ1) is 12.2. The van der Waals surface area contributed by atoms with Crippen LogP contribution < -0.4 is 0 Å². The monoisotopic (exact) mass is 393 g/mol. The summed E-state index contributed by atoms with van der Waals surface area (Å²) in [5, 5.41) is -0.0875. The van der Waals surface area contributed by atoms with E-state index in [0.717, 1.165) is 5.56 Å². The Bertz CT molecular complexity index is 688. The van der Waals surface area contributed by atoms with Gasteiger partial charge in [-0.2, -0.15) is 0 Å². The number of rotatable bonds is 2. The molecular formula is C21H31NO4S. The maximum absolute atomic E-state index is 13.0. The normalized spacial score (nSPS) is 22.6. The molecule has 0 bridgehead atoms. The van der Waals surface area contributed by atoms with Gasteiger partial charge in [0.15, 0.2) is 6.10 Å². The van der Waals surface area contributed by atoms with Crippen LogP contribution in [0.25, 0.3) is 0 Å². The molecule has 0 saturated carbocycles. The molecule has 0 aliphatic carbocycles. The minimum atomic E-state index is -0.971. The summed E-state index contributed by atoms with van der Waals surface area (Å²) in [6, 6.07) is 8.98. The summed E-state index contributed by atoms with van der Waals surface area (Å²) in [4.78, 5) is 27.6. The van der Waals surface area contributed by atoms with Crippen molar-refractivity contribution in [1.29, 1.82) is 0 Å². The van der Waals surface area contributed by atoms with Crippen molar-refractivity contribution in [2.75, 3.05) is 0 Å². The second-order valence-electron chi connectivity index (χ2n) is 9.22. The molecular weight excluding hydrogens is 362 g/mol. The SMILES string of the molecule is CC(C)(C)OC(=O)N1[C@@H](c2ccccc2)[C@H](C(=O)SC(C)(C)C)OC1(C)C. The summed E-state index contributed by atoms with van der Waals surface area (Å²) in [7, 11) is 0. The summed E-state index contributed by atoms with van der Waals surface area (Å²) < 4.78 is 11.5. The first-order valence-electron chi connectivity index (χ1n) is 9.19. The molecule has 0 radical (unpaired) electrons. The van der Waals surface area contributed by atoms with Gasteiger partial charge in [0.05, 0.1) is 6.04 Å². The van der Waals surface area contributed by atoms with Crippen molar-refractivity contribution in [2.45, 2.75) is 83.6 Å². The molecule has 1 aromatic carbocycles. The lowest BCUT2D eigenvalue weighted by atomic mass is 10.0. The number of carbonyl (C=O) groups is 2. The summed E-state index contributed by atoms with van der Waals surface area (Å²) in [6.45, 7) is 15.0. The van der Waals surface area contributed by atoms with Gasteiger partial charge in [0.2, 0.25) is 5.12 Å². The number of carbonyl (C=O) groups excluding carboxylic acids is 2. The third kappa shape index (κ3) is 5.48. The average molecular weight is 394 g/mol. The van der Waals surface area contributed by atoms with Gasteiger partial charge in [-0.1, -0.05) is 62.9 Å². The third-order valence-corrected chi connectivity index (χ3v) is 4.98. The first kappa shape index (κ1) is 21.8. The van der Waals surface area contributed by atoms with Gasteiger partial charge in [0, 0.05) is 4.75 Å². The van der Waals surface area contributed by atoms with E-state index in [-0.39, 0.29) is 9.86 Å². The van der Waals surface area contributed by atoms with Gasteiger partial charge in [-0.25, -0.2) is 4.79 Å². The van der Waals surface area contributed by atoms with Crippen LogP contribution in [0.5, 0.6) is 0 Å². The number of hydrogen-bond donors (Lipinski definition) is 0. The number of benzene rings is 1. The number of amides is 1. The van der Waals surface area contributed by atoms with E-state index >= 15 is 0 Å². The highest BCUT2D eigenvalue weighted by atomic mass is 32.2. The van der Waals surface area contributed by atoms with Gasteiger partial charge in [0.1, 0.15) is 11.3 Å². The summed E-state index contributed by atoms with van der Waals surface area (Å²) in [5.74, 6) is 0. The van der Waals surface area contributed by atoms with Crippen LogP contribution in [0.15, 0.2) is 30.3 Å². The van der Waals surface area contributed by atoms with Gasteiger partial charge in [-0.3, -0.25) is 9.69 Å². The predicted molar refractivity (Wildman–Crippen MR) is 109 cm³/mol. The van der Waals surface area contributed by atoms with Crippen LogP contribution >= 0.6 is 11.8 Å². The van der Waals surface area contributed by atoms with Crippen molar-refractivity contribution in [3.63, 3.8) is 0 Å². The fourth-order valence-electron chi connectivity index (χ4n) is 3.06. The van der Waals surface area contributed by atoms with E-state index in [9.17, 15) is 9.59 Å². The molecule has 1 heterocycles. The van der Waals surface area contributed by atoms with E-state index in [2.05, 4.69) is 0 Å². The molecule has 2 atom stereocenters. The molecule has 6 heteroatoms. The van der Waals surface area contributed by atoms with Gasteiger partial charge >= 0.3 is 6.09 Å². The zero-order valence-electron chi connectivity index (χ0n) is 17.5. The lowest BCUT2D eigenvalue weighted by Crippen LogP contribution is -2.47. The second-order valence-corrected chi connectivity index (χ2v) is 11.1. The number of thioether (sulfide) groups is 1. The molecule has 27 heavy (non-hydrogen) atoms. The van der Waals surface area contributed by atoms with E-state index in [4.69, 9.17) is 9.47 Å². The molecule has 5 nitrogen and oxygen atoms in total. The highest BCUT2D eigenvalue weighted by Crippen LogP contribution is 2.45. The molecule has 1 aromatic rings. The number of nitrogens with zero attached hydrogens (tertiary/aromatic N) is 1.